The predicted molar refractivity (Wildman–Crippen MR) is 117 cm³/mol. The van der Waals surface area contributed by atoms with Gasteiger partial charge in [-0.15, -0.1) is 0 Å². The van der Waals surface area contributed by atoms with Crippen LogP contribution in [-0.2, 0) is 12.7 Å². The highest BCUT2D eigenvalue weighted by atomic mass is 79.9. The Morgan fingerprint density at radius 2 is 1.91 bits per heavy atom. The molecule has 1 aromatic carbocycles. The molecule has 9 nitrogen and oxygen atoms in total. The largest absolute Gasteiger partial charge is 0.416 e. The van der Waals surface area contributed by atoms with Crippen molar-refractivity contribution in [1.82, 2.24) is 34.4 Å². The van der Waals surface area contributed by atoms with Crippen LogP contribution >= 0.6 is 15.9 Å². The van der Waals surface area contributed by atoms with E-state index in [1.807, 2.05) is 0 Å². The lowest BCUT2D eigenvalue weighted by Crippen LogP contribution is -2.45. The second kappa shape index (κ2) is 7.89. The molecule has 0 atom stereocenters. The van der Waals surface area contributed by atoms with E-state index in [0.717, 1.165) is 42.8 Å². The summed E-state index contributed by atoms with van der Waals surface area (Å²) in [5.41, 5.74) is 0.687. The van der Waals surface area contributed by atoms with Crippen LogP contribution in [0.25, 0.3) is 16.7 Å². The minimum Gasteiger partial charge on any atom is -0.347 e. The van der Waals surface area contributed by atoms with Crippen molar-refractivity contribution in [1.29, 1.82) is 0 Å². The minimum atomic E-state index is -4.41. The molecule has 0 amide bonds. The Bertz CT molecular complexity index is 1270. The fraction of sp³-hybridized carbons (Fsp3) is 0.368. The monoisotopic (exact) mass is 509 g/mol. The van der Waals surface area contributed by atoms with Gasteiger partial charge in [-0.3, -0.25) is 0 Å². The molecule has 0 aliphatic carbocycles. The van der Waals surface area contributed by atoms with E-state index < -0.39 is 11.7 Å². The van der Waals surface area contributed by atoms with Crippen LogP contribution in [0.3, 0.4) is 0 Å². The summed E-state index contributed by atoms with van der Waals surface area (Å²) in [5.74, 6) is 1.54. The maximum atomic E-state index is 13.0. The zero-order chi connectivity index (χ0) is 22.5. The molecule has 0 bridgehead atoms. The summed E-state index contributed by atoms with van der Waals surface area (Å²) < 4.78 is 41.2. The number of hydrogen-bond acceptors (Lipinski definition) is 7. The number of fused-ring (bicyclic) bond motifs is 2. The van der Waals surface area contributed by atoms with Crippen molar-refractivity contribution < 1.29 is 13.2 Å². The molecule has 168 valence electrons. The summed E-state index contributed by atoms with van der Waals surface area (Å²) >= 11 is 3.47. The molecule has 0 spiro atoms. The average molecular weight is 510 g/mol. The summed E-state index contributed by atoms with van der Waals surface area (Å²) in [6.45, 7) is 3.67. The molecule has 0 saturated carbocycles. The van der Waals surface area contributed by atoms with Gasteiger partial charge in [-0.1, -0.05) is 0 Å². The Hall–Kier alpha value is -2.93. The third kappa shape index (κ3) is 3.97. The molecule has 1 saturated heterocycles. The number of nitrogens with zero attached hydrogens (tertiary/aromatic N) is 7. The summed E-state index contributed by atoms with van der Waals surface area (Å²) in [5, 5.41) is 7.50. The maximum absolute atomic E-state index is 13.0. The van der Waals surface area contributed by atoms with E-state index >= 15 is 0 Å². The van der Waals surface area contributed by atoms with Crippen molar-refractivity contribution in [2.75, 3.05) is 43.4 Å². The van der Waals surface area contributed by atoms with Gasteiger partial charge >= 0.3 is 6.18 Å². The number of benzene rings is 1. The smallest absolute Gasteiger partial charge is 0.347 e. The van der Waals surface area contributed by atoms with Gasteiger partial charge in [0.25, 0.3) is 0 Å². The molecule has 1 aliphatic heterocycles. The van der Waals surface area contributed by atoms with Crippen molar-refractivity contribution in [2.24, 2.45) is 0 Å². The van der Waals surface area contributed by atoms with Crippen LogP contribution in [0, 0.1) is 0 Å². The first-order valence-corrected chi connectivity index (χ1v) is 10.7. The molecule has 3 aromatic heterocycles. The lowest BCUT2D eigenvalue weighted by molar-refractivity contribution is -0.137. The number of H-pyrrole nitrogens is 1. The number of piperazine rings is 1. The molecular formula is C19H19BrF3N9. The van der Waals surface area contributed by atoms with E-state index in [-0.39, 0.29) is 6.54 Å². The molecule has 0 unspecified atom stereocenters. The van der Waals surface area contributed by atoms with Gasteiger partial charge in [-0.05, 0) is 41.2 Å². The Kier molecular flexibility index (Phi) is 5.16. The molecule has 13 heteroatoms. The topological polar surface area (TPSA) is 90.3 Å². The van der Waals surface area contributed by atoms with Gasteiger partial charge in [0.1, 0.15) is 5.82 Å². The summed E-state index contributed by atoms with van der Waals surface area (Å²) in [6, 6.07) is 3.44. The van der Waals surface area contributed by atoms with E-state index in [2.05, 4.69) is 63.1 Å². The van der Waals surface area contributed by atoms with Gasteiger partial charge in [0.2, 0.25) is 11.9 Å². The number of halogens is 4. The van der Waals surface area contributed by atoms with E-state index in [4.69, 9.17) is 0 Å². The number of likely N-dealkylation sites (N-methyl/N-ethyl adjacent to an activating group) is 1. The fourth-order valence-corrected chi connectivity index (χ4v) is 3.94. The second-order valence-corrected chi connectivity index (χ2v) is 8.49. The van der Waals surface area contributed by atoms with E-state index in [0.29, 0.717) is 34.4 Å². The van der Waals surface area contributed by atoms with Crippen LogP contribution in [0.15, 0.2) is 28.9 Å². The Labute approximate surface area is 188 Å². The van der Waals surface area contributed by atoms with Crippen LogP contribution in [0.1, 0.15) is 11.4 Å². The molecule has 1 aliphatic rings. The summed E-state index contributed by atoms with van der Waals surface area (Å²) in [6.07, 6.45) is -2.76. The van der Waals surface area contributed by atoms with Crippen molar-refractivity contribution in [2.45, 2.75) is 12.7 Å². The maximum Gasteiger partial charge on any atom is 0.416 e. The molecule has 4 heterocycles. The molecule has 1 fully saturated rings. The first-order valence-electron chi connectivity index (χ1n) is 9.92. The van der Waals surface area contributed by atoms with Crippen molar-refractivity contribution in [3.05, 3.63) is 40.3 Å². The third-order valence-electron chi connectivity index (χ3n) is 5.37. The van der Waals surface area contributed by atoms with E-state index in [1.54, 1.807) is 10.7 Å². The van der Waals surface area contributed by atoms with Gasteiger partial charge in [-0.25, -0.2) is 4.98 Å². The lowest BCUT2D eigenvalue weighted by atomic mass is 10.2. The van der Waals surface area contributed by atoms with Gasteiger partial charge in [-0.2, -0.15) is 32.8 Å². The highest BCUT2D eigenvalue weighted by Crippen LogP contribution is 2.31. The van der Waals surface area contributed by atoms with Crippen LogP contribution < -0.4 is 10.2 Å². The summed E-state index contributed by atoms with van der Waals surface area (Å²) in [7, 11) is 2.08. The van der Waals surface area contributed by atoms with Gasteiger partial charge in [0, 0.05) is 26.2 Å². The van der Waals surface area contributed by atoms with Crippen LogP contribution in [-0.4, -0.2) is 67.7 Å². The Balaban J connectivity index is 1.42. The highest BCUT2D eigenvalue weighted by Gasteiger charge is 2.30. The standard InChI is InChI=1S/C19H19BrF3N9/c1-30-4-6-31(7-5-30)18-28-16-12(20)9-25-32(16)17(29-18)24-10-15-26-13-3-2-11(19(21,22)23)8-14(13)27-15/h2-3,8-9H,4-7,10H2,1H3,(H,26,27)(H,24,28,29). The lowest BCUT2D eigenvalue weighted by Gasteiger charge is -2.32. The minimum absolute atomic E-state index is 0.224. The average Bonchev–Trinajstić information content (AvgIpc) is 3.34. The molecule has 4 aromatic rings. The third-order valence-corrected chi connectivity index (χ3v) is 5.93. The molecular weight excluding hydrogens is 491 g/mol. The van der Waals surface area contributed by atoms with Crippen LogP contribution in [0.4, 0.5) is 25.1 Å². The SMILES string of the molecule is CN1CCN(c2nc(NCc3nc4ccc(C(F)(F)F)cc4[nH]3)n3ncc(Br)c3n2)CC1. The number of anilines is 2. The Morgan fingerprint density at radius 3 is 2.66 bits per heavy atom. The number of aromatic nitrogens is 6. The van der Waals surface area contributed by atoms with Gasteiger partial charge < -0.3 is 20.1 Å². The molecule has 5 rings (SSSR count). The number of hydrogen-bond donors (Lipinski definition) is 2. The second-order valence-electron chi connectivity index (χ2n) is 7.63. The van der Waals surface area contributed by atoms with E-state index in [1.165, 1.54) is 6.07 Å². The number of imidazole rings is 1. The Morgan fingerprint density at radius 1 is 1.12 bits per heavy atom. The van der Waals surface area contributed by atoms with Crippen LogP contribution in [0.2, 0.25) is 0 Å². The van der Waals surface area contributed by atoms with Crippen molar-refractivity contribution in [3.8, 4) is 0 Å². The fourth-order valence-electron chi connectivity index (χ4n) is 3.59. The predicted octanol–water partition coefficient (Wildman–Crippen LogP) is 3.15. The number of rotatable bonds is 4. The molecule has 2 N–H and O–H groups in total. The quantitative estimate of drug-likeness (QED) is 0.436. The van der Waals surface area contributed by atoms with Gasteiger partial charge in [0.05, 0.1) is 33.8 Å². The number of aromatic amines is 1. The highest BCUT2D eigenvalue weighted by molar-refractivity contribution is 9.10. The van der Waals surface area contributed by atoms with Crippen molar-refractivity contribution >= 4 is 44.5 Å². The first kappa shape index (κ1) is 20.9. The zero-order valence-electron chi connectivity index (χ0n) is 17.0. The number of alkyl halides is 3. The zero-order valence-corrected chi connectivity index (χ0v) is 18.6. The van der Waals surface area contributed by atoms with Crippen LogP contribution in [0.5, 0.6) is 0 Å². The molecule has 0 radical (unpaired) electrons. The normalized spacial score (nSPS) is 15.7. The molecule has 32 heavy (non-hydrogen) atoms. The van der Waals surface area contributed by atoms with Crippen molar-refractivity contribution in [3.63, 3.8) is 0 Å². The van der Waals surface area contributed by atoms with E-state index in [9.17, 15) is 13.2 Å². The number of nitrogens with one attached hydrogen (secondary N) is 2. The summed E-state index contributed by atoms with van der Waals surface area (Å²) in [4.78, 5) is 21.0. The first-order chi connectivity index (χ1) is 15.3. The van der Waals surface area contributed by atoms with Gasteiger partial charge in [0.15, 0.2) is 5.65 Å².